The van der Waals surface area contributed by atoms with E-state index in [2.05, 4.69) is 10.6 Å². The normalized spacial score (nSPS) is 11.8. The summed E-state index contributed by atoms with van der Waals surface area (Å²) in [4.78, 5) is 36.3. The summed E-state index contributed by atoms with van der Waals surface area (Å²) >= 11 is 0. The Kier molecular flexibility index (Phi) is 8.66. The van der Waals surface area contributed by atoms with E-state index >= 15 is 0 Å². The highest BCUT2D eigenvalue weighted by Crippen LogP contribution is 2.30. The maximum Gasteiger partial charge on any atom is 0.416 e. The summed E-state index contributed by atoms with van der Waals surface area (Å²) in [5.74, 6) is -1.58. The van der Waals surface area contributed by atoms with Gasteiger partial charge in [-0.25, -0.2) is 4.79 Å². The van der Waals surface area contributed by atoms with Crippen molar-refractivity contribution in [3.05, 3.63) is 95.6 Å². The summed E-state index contributed by atoms with van der Waals surface area (Å²) in [5, 5.41) is 5.07. The number of amides is 2. The first-order valence-electron chi connectivity index (χ1n) is 10.8. The molecule has 0 fully saturated rings. The van der Waals surface area contributed by atoms with E-state index in [0.717, 1.165) is 17.7 Å². The van der Waals surface area contributed by atoms with Gasteiger partial charge in [-0.05, 0) is 55.0 Å². The fourth-order valence-electron chi connectivity index (χ4n) is 3.13. The molecule has 3 aromatic rings. The number of carbonyl (C=O) groups excluding carboxylic acids is 3. The second-order valence-electron chi connectivity index (χ2n) is 7.72. The van der Waals surface area contributed by atoms with Crippen LogP contribution >= 0.6 is 0 Å². The van der Waals surface area contributed by atoms with Gasteiger partial charge in [0.05, 0.1) is 17.2 Å². The standard InChI is InChI=1S/C26H23F3N2O5/c1-17(18-6-3-2-4-7-18)30-23(32)16-36-25(34)19-10-12-22(13-11-19)35-15-24(33)31-21-9-5-8-20(14-21)26(27,28)29/h2-14,17H,15-16H2,1H3,(H,30,32)(H,31,33)/t17-/m0/s1. The van der Waals surface area contributed by atoms with Gasteiger partial charge >= 0.3 is 12.1 Å². The number of alkyl halides is 3. The van der Waals surface area contributed by atoms with E-state index in [1.54, 1.807) is 0 Å². The van der Waals surface area contributed by atoms with E-state index in [4.69, 9.17) is 9.47 Å². The Bertz CT molecular complexity index is 1200. The summed E-state index contributed by atoms with van der Waals surface area (Å²) in [6.07, 6.45) is -4.52. The third-order valence-corrected chi connectivity index (χ3v) is 4.95. The molecule has 0 aliphatic carbocycles. The number of rotatable bonds is 9. The van der Waals surface area contributed by atoms with E-state index < -0.39 is 42.7 Å². The predicted molar refractivity (Wildman–Crippen MR) is 125 cm³/mol. The molecule has 0 unspecified atom stereocenters. The van der Waals surface area contributed by atoms with Gasteiger partial charge in [0.25, 0.3) is 11.8 Å². The van der Waals surface area contributed by atoms with Crippen LogP contribution in [0.5, 0.6) is 5.75 Å². The molecule has 0 saturated heterocycles. The van der Waals surface area contributed by atoms with Gasteiger partial charge in [-0.1, -0.05) is 36.4 Å². The molecule has 0 aliphatic rings. The predicted octanol–water partition coefficient (Wildman–Crippen LogP) is 4.76. The molecule has 2 N–H and O–H groups in total. The maximum absolute atomic E-state index is 12.8. The van der Waals surface area contributed by atoms with Crippen LogP contribution in [0.15, 0.2) is 78.9 Å². The lowest BCUT2D eigenvalue weighted by atomic mass is 10.1. The van der Waals surface area contributed by atoms with Gasteiger partial charge in [0.2, 0.25) is 0 Å². The minimum absolute atomic E-state index is 0.0151. The Labute approximate surface area is 205 Å². The van der Waals surface area contributed by atoms with Gasteiger partial charge in [0.1, 0.15) is 5.75 Å². The average molecular weight is 500 g/mol. The smallest absolute Gasteiger partial charge is 0.416 e. The maximum atomic E-state index is 12.8. The zero-order valence-electron chi connectivity index (χ0n) is 19.2. The topological polar surface area (TPSA) is 93.7 Å². The third-order valence-electron chi connectivity index (χ3n) is 4.95. The van der Waals surface area contributed by atoms with Crippen molar-refractivity contribution < 1.29 is 37.0 Å². The molecule has 0 radical (unpaired) electrons. The minimum atomic E-state index is -4.52. The molecule has 7 nitrogen and oxygen atoms in total. The van der Waals surface area contributed by atoms with Crippen molar-refractivity contribution >= 4 is 23.5 Å². The molecular weight excluding hydrogens is 477 g/mol. The number of benzene rings is 3. The molecule has 0 heterocycles. The van der Waals surface area contributed by atoms with Crippen molar-refractivity contribution in [3.8, 4) is 5.75 Å². The zero-order chi connectivity index (χ0) is 26.1. The Hall–Kier alpha value is -4.34. The number of nitrogens with one attached hydrogen (secondary N) is 2. The summed E-state index contributed by atoms with van der Waals surface area (Å²) in [5.41, 5.74) is 0.182. The van der Waals surface area contributed by atoms with Crippen molar-refractivity contribution in [2.75, 3.05) is 18.5 Å². The molecular formula is C26H23F3N2O5. The SMILES string of the molecule is C[C@H](NC(=O)COC(=O)c1ccc(OCC(=O)Nc2cccc(C(F)(F)F)c2)cc1)c1ccccc1. The number of anilines is 1. The van der Waals surface area contributed by atoms with Crippen molar-refractivity contribution in [1.29, 1.82) is 0 Å². The molecule has 2 amide bonds. The van der Waals surface area contributed by atoms with Gasteiger partial charge in [0, 0.05) is 5.69 Å². The van der Waals surface area contributed by atoms with Crippen LogP contribution in [0.4, 0.5) is 18.9 Å². The molecule has 0 bridgehead atoms. The van der Waals surface area contributed by atoms with E-state index in [1.807, 2.05) is 37.3 Å². The number of esters is 1. The molecule has 10 heteroatoms. The van der Waals surface area contributed by atoms with Gasteiger partial charge in [-0.3, -0.25) is 9.59 Å². The highest BCUT2D eigenvalue weighted by molar-refractivity contribution is 5.92. The molecule has 36 heavy (non-hydrogen) atoms. The van der Waals surface area contributed by atoms with Gasteiger partial charge < -0.3 is 20.1 Å². The fraction of sp³-hybridized carbons (Fsp3) is 0.192. The second kappa shape index (κ2) is 11.9. The first kappa shape index (κ1) is 26.3. The number of hydrogen-bond donors (Lipinski definition) is 2. The summed E-state index contributed by atoms with van der Waals surface area (Å²) in [7, 11) is 0. The van der Waals surface area contributed by atoms with Gasteiger partial charge in [0.15, 0.2) is 13.2 Å². The molecule has 1 atom stereocenters. The number of halogens is 3. The minimum Gasteiger partial charge on any atom is -0.484 e. The second-order valence-corrected chi connectivity index (χ2v) is 7.72. The van der Waals surface area contributed by atoms with Gasteiger partial charge in [-0.15, -0.1) is 0 Å². The molecule has 3 rings (SSSR count). The fourth-order valence-corrected chi connectivity index (χ4v) is 3.13. The lowest BCUT2D eigenvalue weighted by molar-refractivity contribution is -0.137. The Morgan fingerprint density at radius 2 is 1.56 bits per heavy atom. The van der Waals surface area contributed by atoms with Crippen molar-refractivity contribution in [2.45, 2.75) is 19.1 Å². The zero-order valence-corrected chi connectivity index (χ0v) is 19.2. The van der Waals surface area contributed by atoms with Crippen LogP contribution in [-0.4, -0.2) is 31.0 Å². The largest absolute Gasteiger partial charge is 0.484 e. The monoisotopic (exact) mass is 500 g/mol. The summed E-state index contributed by atoms with van der Waals surface area (Å²) in [6.45, 7) is 0.900. The highest BCUT2D eigenvalue weighted by Gasteiger charge is 2.30. The number of hydrogen-bond acceptors (Lipinski definition) is 5. The van der Waals surface area contributed by atoms with Crippen molar-refractivity contribution in [1.82, 2.24) is 5.32 Å². The first-order valence-corrected chi connectivity index (χ1v) is 10.8. The van der Waals surface area contributed by atoms with Crippen LogP contribution in [0.1, 0.15) is 34.5 Å². The molecule has 0 aliphatic heterocycles. The molecule has 0 saturated carbocycles. The summed E-state index contributed by atoms with van der Waals surface area (Å²) < 4.78 is 48.7. The molecule has 3 aromatic carbocycles. The van der Waals surface area contributed by atoms with E-state index in [-0.39, 0.29) is 23.0 Å². The average Bonchev–Trinajstić information content (AvgIpc) is 2.86. The van der Waals surface area contributed by atoms with E-state index in [0.29, 0.717) is 0 Å². The number of carbonyl (C=O) groups is 3. The van der Waals surface area contributed by atoms with E-state index in [9.17, 15) is 27.6 Å². The lowest BCUT2D eigenvalue weighted by Gasteiger charge is -2.14. The Balaban J connectivity index is 1.43. The molecule has 0 aromatic heterocycles. The Morgan fingerprint density at radius 3 is 2.22 bits per heavy atom. The van der Waals surface area contributed by atoms with Crippen LogP contribution in [0, 0.1) is 0 Å². The summed E-state index contributed by atoms with van der Waals surface area (Å²) in [6, 6.07) is 18.9. The van der Waals surface area contributed by atoms with Crippen molar-refractivity contribution in [3.63, 3.8) is 0 Å². The third kappa shape index (κ3) is 7.86. The van der Waals surface area contributed by atoms with Crippen LogP contribution in [0.2, 0.25) is 0 Å². The van der Waals surface area contributed by atoms with Crippen LogP contribution in [-0.2, 0) is 20.5 Å². The number of ether oxygens (including phenoxy) is 2. The molecule has 0 spiro atoms. The van der Waals surface area contributed by atoms with Crippen LogP contribution in [0.3, 0.4) is 0 Å². The molecule has 188 valence electrons. The van der Waals surface area contributed by atoms with E-state index in [1.165, 1.54) is 36.4 Å². The van der Waals surface area contributed by atoms with Crippen LogP contribution < -0.4 is 15.4 Å². The van der Waals surface area contributed by atoms with Gasteiger partial charge in [-0.2, -0.15) is 13.2 Å². The lowest BCUT2D eigenvalue weighted by Crippen LogP contribution is -2.31. The van der Waals surface area contributed by atoms with Crippen molar-refractivity contribution in [2.24, 2.45) is 0 Å². The highest BCUT2D eigenvalue weighted by atomic mass is 19.4. The first-order chi connectivity index (χ1) is 17.1. The quantitative estimate of drug-likeness (QED) is 0.414. The Morgan fingerprint density at radius 1 is 0.861 bits per heavy atom. The van der Waals surface area contributed by atoms with Crippen LogP contribution in [0.25, 0.3) is 0 Å².